The second kappa shape index (κ2) is 13.4. The number of pyridine rings is 1. The van der Waals surface area contributed by atoms with Crippen LogP contribution in [0.4, 0.5) is 25.2 Å². The molecule has 1 amide bonds. The molecule has 3 aromatic heterocycles. The van der Waals surface area contributed by atoms with Crippen LogP contribution >= 0.6 is 11.3 Å². The van der Waals surface area contributed by atoms with Crippen LogP contribution in [0.25, 0.3) is 16.3 Å². The van der Waals surface area contributed by atoms with E-state index in [0.717, 1.165) is 11.1 Å². The van der Waals surface area contributed by atoms with Crippen LogP contribution in [-0.2, 0) is 19.0 Å². The van der Waals surface area contributed by atoms with Gasteiger partial charge in [0.25, 0.3) is 6.43 Å². The largest absolute Gasteiger partial charge is 0.480 e. The zero-order valence-corrected chi connectivity index (χ0v) is 27.6. The molecule has 0 unspecified atom stereocenters. The fourth-order valence-electron chi connectivity index (χ4n) is 6.66. The lowest BCUT2D eigenvalue weighted by Crippen LogP contribution is -2.68. The van der Waals surface area contributed by atoms with E-state index in [1.165, 1.54) is 23.3 Å². The summed E-state index contributed by atoms with van der Waals surface area (Å²) in [6.45, 7) is 4.91. The van der Waals surface area contributed by atoms with Crippen molar-refractivity contribution in [1.29, 1.82) is 0 Å². The first-order chi connectivity index (χ1) is 23.7. The summed E-state index contributed by atoms with van der Waals surface area (Å²) < 4.78 is 50.8. The number of alkyl halides is 2. The standard InChI is InChI=1S/C32H35F2N7O7S/c1-18-32(16-46-17-32)47-10-9-40(18)22-12-20(19-5-7-39(8-6-19)31(44)45-2)14-35-28(22)48-21-13-23(29(42)43)41(15-21)30-37-26(24-4-3-11-49-24)36-27(38-30)25(33)34/h3-5,11-12,14,18,21,23,25H,6-10,13,15-17H2,1-2H3,(H,42,43)/t18-,21-,23-/m0/s1. The molecule has 3 aromatic rings. The third-order valence-electron chi connectivity index (χ3n) is 9.46. The quantitative estimate of drug-likeness (QED) is 0.362. The molecule has 0 bridgehead atoms. The maximum atomic E-state index is 13.9. The molecule has 0 saturated carbocycles. The molecule has 260 valence electrons. The summed E-state index contributed by atoms with van der Waals surface area (Å²) >= 11 is 1.28. The van der Waals surface area contributed by atoms with E-state index in [9.17, 15) is 23.5 Å². The van der Waals surface area contributed by atoms with Crippen LogP contribution < -0.4 is 14.5 Å². The number of carbonyl (C=O) groups is 2. The Kier molecular flexibility index (Phi) is 9.06. The summed E-state index contributed by atoms with van der Waals surface area (Å²) in [6.07, 6.45) is 0.273. The van der Waals surface area contributed by atoms with Crippen molar-refractivity contribution in [1.82, 2.24) is 24.8 Å². The van der Waals surface area contributed by atoms with Gasteiger partial charge in [-0.3, -0.25) is 0 Å². The number of methoxy groups -OCH3 is 1. The third kappa shape index (κ3) is 6.37. The Morgan fingerprint density at radius 1 is 1.18 bits per heavy atom. The molecule has 1 spiro atoms. The Labute approximate surface area is 284 Å². The average Bonchev–Trinajstić information content (AvgIpc) is 3.79. The third-order valence-corrected chi connectivity index (χ3v) is 10.3. The number of rotatable bonds is 8. The van der Waals surface area contributed by atoms with Gasteiger partial charge in [0, 0.05) is 32.3 Å². The Bertz CT molecular complexity index is 1740. The van der Waals surface area contributed by atoms with E-state index in [4.69, 9.17) is 23.9 Å². The van der Waals surface area contributed by atoms with Gasteiger partial charge in [-0.15, -0.1) is 11.3 Å². The zero-order valence-electron chi connectivity index (χ0n) is 26.8. The summed E-state index contributed by atoms with van der Waals surface area (Å²) in [5, 5.41) is 12.0. The number of carboxylic acid groups (broad SMARTS) is 1. The number of carboxylic acids is 1. The highest BCUT2D eigenvalue weighted by Gasteiger charge is 2.50. The van der Waals surface area contributed by atoms with Crippen molar-refractivity contribution < 1.29 is 42.4 Å². The second-order valence-electron chi connectivity index (χ2n) is 12.3. The number of thiophene rings is 1. The molecule has 17 heteroatoms. The molecule has 7 heterocycles. The number of aliphatic carboxylic acids is 1. The van der Waals surface area contributed by atoms with E-state index < -0.39 is 36.0 Å². The Morgan fingerprint density at radius 2 is 2.02 bits per heavy atom. The van der Waals surface area contributed by atoms with E-state index in [0.29, 0.717) is 62.3 Å². The second-order valence-corrected chi connectivity index (χ2v) is 13.2. The molecule has 3 atom stereocenters. The summed E-state index contributed by atoms with van der Waals surface area (Å²) in [5.41, 5.74) is 2.12. The van der Waals surface area contributed by atoms with Crippen molar-refractivity contribution in [2.45, 2.75) is 50.0 Å². The van der Waals surface area contributed by atoms with Crippen molar-refractivity contribution in [3.63, 3.8) is 0 Å². The van der Waals surface area contributed by atoms with Gasteiger partial charge in [-0.25, -0.2) is 28.3 Å². The summed E-state index contributed by atoms with van der Waals surface area (Å²) in [6, 6.07) is 4.22. The number of halogens is 2. The zero-order chi connectivity index (χ0) is 34.3. The maximum Gasteiger partial charge on any atom is 0.409 e. The van der Waals surface area contributed by atoms with E-state index in [-0.39, 0.29) is 36.9 Å². The smallest absolute Gasteiger partial charge is 0.409 e. The SMILES string of the molecule is COC(=O)N1CC=C(c2cnc(O[C@H]3C[C@@H](C(=O)O)N(c4nc(-c5cccs5)nc(C(F)F)n4)C3)c(N3CCOC4(COC4)[C@@H]3C)c2)CC1. The summed E-state index contributed by atoms with van der Waals surface area (Å²) in [5.74, 6) is -1.70. The van der Waals surface area contributed by atoms with Gasteiger partial charge < -0.3 is 38.8 Å². The lowest BCUT2D eigenvalue weighted by atomic mass is 9.89. The van der Waals surface area contributed by atoms with Crippen LogP contribution in [-0.4, -0.2) is 119 Å². The predicted molar refractivity (Wildman–Crippen MR) is 173 cm³/mol. The Hall–Kier alpha value is -4.48. The van der Waals surface area contributed by atoms with Gasteiger partial charge >= 0.3 is 12.1 Å². The van der Waals surface area contributed by atoms with E-state index in [1.807, 2.05) is 12.1 Å². The van der Waals surface area contributed by atoms with Gasteiger partial charge in [0.15, 0.2) is 5.82 Å². The first-order valence-electron chi connectivity index (χ1n) is 15.9. The van der Waals surface area contributed by atoms with Gasteiger partial charge in [0.1, 0.15) is 23.4 Å². The molecule has 1 N–H and O–H groups in total. The summed E-state index contributed by atoms with van der Waals surface area (Å²) in [4.78, 5) is 47.3. The number of hydrogen-bond donors (Lipinski definition) is 1. The number of ether oxygens (including phenoxy) is 4. The molecule has 3 fully saturated rings. The predicted octanol–water partition coefficient (Wildman–Crippen LogP) is 3.89. The molecule has 14 nitrogen and oxygen atoms in total. The molecule has 3 saturated heterocycles. The van der Waals surface area contributed by atoms with Crippen LogP contribution in [0.3, 0.4) is 0 Å². The molecule has 0 radical (unpaired) electrons. The van der Waals surface area contributed by atoms with E-state index >= 15 is 0 Å². The molecule has 4 aliphatic heterocycles. The topological polar surface area (TPSA) is 153 Å². The number of carbonyl (C=O) groups excluding carboxylic acids is 1. The highest BCUT2D eigenvalue weighted by molar-refractivity contribution is 7.13. The highest BCUT2D eigenvalue weighted by atomic mass is 32.1. The fourth-order valence-corrected chi connectivity index (χ4v) is 7.32. The van der Waals surface area contributed by atoms with Crippen molar-refractivity contribution in [3.8, 4) is 16.6 Å². The molecule has 4 aliphatic rings. The number of aromatic nitrogens is 4. The number of morpholine rings is 1. The minimum atomic E-state index is -2.98. The minimum absolute atomic E-state index is 0.0152. The number of anilines is 2. The average molecular weight is 700 g/mol. The normalized spacial score (nSPS) is 23.4. The van der Waals surface area contributed by atoms with Gasteiger partial charge in [-0.1, -0.05) is 12.1 Å². The number of hydrogen-bond acceptors (Lipinski definition) is 13. The monoisotopic (exact) mass is 699 g/mol. The minimum Gasteiger partial charge on any atom is -0.480 e. The van der Waals surface area contributed by atoms with Crippen LogP contribution in [0, 0.1) is 0 Å². The lowest BCUT2D eigenvalue weighted by molar-refractivity contribution is -0.228. The van der Waals surface area contributed by atoms with Crippen molar-refractivity contribution in [2.24, 2.45) is 0 Å². The van der Waals surface area contributed by atoms with Crippen LogP contribution in [0.1, 0.15) is 37.6 Å². The van der Waals surface area contributed by atoms with Crippen LogP contribution in [0.2, 0.25) is 0 Å². The molecule has 49 heavy (non-hydrogen) atoms. The van der Waals surface area contributed by atoms with Gasteiger partial charge in [0.05, 0.1) is 44.4 Å². The van der Waals surface area contributed by atoms with Gasteiger partial charge in [0.2, 0.25) is 17.7 Å². The van der Waals surface area contributed by atoms with Crippen molar-refractivity contribution in [2.75, 3.05) is 62.9 Å². The number of nitrogens with zero attached hydrogens (tertiary/aromatic N) is 7. The van der Waals surface area contributed by atoms with Gasteiger partial charge in [-0.2, -0.15) is 9.97 Å². The Morgan fingerprint density at radius 3 is 2.67 bits per heavy atom. The fraction of sp³-hybridized carbons (Fsp3) is 0.500. The van der Waals surface area contributed by atoms with Crippen LogP contribution in [0.5, 0.6) is 5.88 Å². The molecule has 0 aliphatic carbocycles. The molecular weight excluding hydrogens is 664 g/mol. The molecule has 7 rings (SSSR count). The maximum absolute atomic E-state index is 13.9. The first-order valence-corrected chi connectivity index (χ1v) is 16.8. The molecular formula is C32H35F2N7O7S. The van der Waals surface area contributed by atoms with E-state index in [1.54, 1.807) is 28.6 Å². The highest BCUT2D eigenvalue weighted by Crippen LogP contribution is 2.41. The summed E-state index contributed by atoms with van der Waals surface area (Å²) in [7, 11) is 1.36. The Balaban J connectivity index is 1.20. The lowest BCUT2D eigenvalue weighted by Gasteiger charge is -2.53. The van der Waals surface area contributed by atoms with E-state index in [2.05, 4.69) is 26.8 Å². The molecule has 0 aromatic carbocycles. The first kappa shape index (κ1) is 33.0. The van der Waals surface area contributed by atoms with Crippen LogP contribution in [0.15, 0.2) is 35.9 Å². The van der Waals surface area contributed by atoms with Gasteiger partial charge in [-0.05, 0) is 42.0 Å². The number of amides is 1. The van der Waals surface area contributed by atoms with Crippen molar-refractivity contribution >= 4 is 40.6 Å². The van der Waals surface area contributed by atoms with Crippen molar-refractivity contribution in [3.05, 3.63) is 47.2 Å².